The zero-order valence-corrected chi connectivity index (χ0v) is 13.5. The molecule has 4 heteroatoms. The monoisotopic (exact) mass is 290 g/mol. The van der Waals surface area contributed by atoms with Gasteiger partial charge >= 0.3 is 0 Å². The maximum Gasteiger partial charge on any atom is 0.224 e. The Morgan fingerprint density at radius 3 is 2.81 bits per heavy atom. The molecular formula is C17H26N2O2. The lowest BCUT2D eigenvalue weighted by molar-refractivity contribution is -0.120. The van der Waals surface area contributed by atoms with E-state index in [9.17, 15) is 4.79 Å². The first kappa shape index (κ1) is 16.0. The lowest BCUT2D eigenvalue weighted by Crippen LogP contribution is -2.39. The van der Waals surface area contributed by atoms with E-state index in [2.05, 4.69) is 31.1 Å². The molecule has 1 aliphatic heterocycles. The summed E-state index contributed by atoms with van der Waals surface area (Å²) < 4.78 is 5.83. The number of ether oxygens (including phenoxy) is 1. The zero-order chi connectivity index (χ0) is 15.5. The third kappa shape index (κ3) is 4.53. The summed E-state index contributed by atoms with van der Waals surface area (Å²) in [5.74, 6) is 0.463. The lowest BCUT2D eigenvalue weighted by Gasteiger charge is -2.31. The average Bonchev–Trinajstić information content (AvgIpc) is 2.87. The molecule has 0 aromatic carbocycles. The third-order valence-electron chi connectivity index (χ3n) is 3.97. The molecule has 1 saturated heterocycles. The second-order valence-corrected chi connectivity index (χ2v) is 6.99. The lowest BCUT2D eigenvalue weighted by atomic mass is 9.81. The quantitative estimate of drug-likeness (QED) is 0.927. The predicted octanol–water partition coefficient (Wildman–Crippen LogP) is 2.50. The summed E-state index contributed by atoms with van der Waals surface area (Å²) in [4.78, 5) is 16.2. The van der Waals surface area contributed by atoms with Crippen molar-refractivity contribution in [3.05, 3.63) is 29.6 Å². The first-order valence-corrected chi connectivity index (χ1v) is 7.66. The molecule has 1 N–H and O–H groups in total. The Hall–Kier alpha value is -1.42. The smallest absolute Gasteiger partial charge is 0.224 e. The van der Waals surface area contributed by atoms with Crippen molar-refractivity contribution < 1.29 is 9.53 Å². The van der Waals surface area contributed by atoms with Gasteiger partial charge in [0.2, 0.25) is 5.91 Å². The molecule has 0 saturated carbocycles. The summed E-state index contributed by atoms with van der Waals surface area (Å²) in [6.07, 6.45) is 3.40. The largest absolute Gasteiger partial charge is 0.377 e. The van der Waals surface area contributed by atoms with Crippen molar-refractivity contribution in [2.75, 3.05) is 13.2 Å². The van der Waals surface area contributed by atoms with Crippen molar-refractivity contribution >= 4 is 5.91 Å². The van der Waals surface area contributed by atoms with Crippen LogP contribution in [0.25, 0.3) is 0 Å². The van der Waals surface area contributed by atoms with Crippen LogP contribution in [0.15, 0.2) is 18.3 Å². The Morgan fingerprint density at radius 2 is 2.19 bits per heavy atom. The van der Waals surface area contributed by atoms with Gasteiger partial charge in [-0.3, -0.25) is 9.78 Å². The first-order valence-electron chi connectivity index (χ1n) is 7.66. The van der Waals surface area contributed by atoms with Gasteiger partial charge in [-0.05, 0) is 30.4 Å². The van der Waals surface area contributed by atoms with E-state index in [1.807, 2.05) is 19.1 Å². The zero-order valence-electron chi connectivity index (χ0n) is 13.5. The van der Waals surface area contributed by atoms with E-state index in [0.29, 0.717) is 18.9 Å². The van der Waals surface area contributed by atoms with Crippen LogP contribution in [-0.2, 0) is 16.0 Å². The van der Waals surface area contributed by atoms with Gasteiger partial charge in [-0.1, -0.05) is 26.8 Å². The van der Waals surface area contributed by atoms with Crippen LogP contribution in [0.1, 0.15) is 38.4 Å². The molecule has 0 bridgehead atoms. The van der Waals surface area contributed by atoms with Gasteiger partial charge in [0.1, 0.15) is 0 Å². The van der Waals surface area contributed by atoms with Crippen LogP contribution in [0.5, 0.6) is 0 Å². The molecule has 2 atom stereocenters. The molecule has 0 spiro atoms. The number of rotatable bonds is 4. The van der Waals surface area contributed by atoms with Crippen LogP contribution in [0, 0.1) is 18.3 Å². The fourth-order valence-electron chi connectivity index (χ4n) is 2.90. The fraction of sp³-hybridized carbons (Fsp3) is 0.647. The summed E-state index contributed by atoms with van der Waals surface area (Å²) in [5.41, 5.74) is 2.04. The number of nitrogens with zero attached hydrogens (tertiary/aromatic N) is 1. The molecule has 1 aromatic rings. The molecule has 21 heavy (non-hydrogen) atoms. The Bertz CT molecular complexity index is 477. The van der Waals surface area contributed by atoms with Crippen LogP contribution < -0.4 is 5.32 Å². The van der Waals surface area contributed by atoms with E-state index < -0.39 is 0 Å². The van der Waals surface area contributed by atoms with Crippen LogP contribution in [0.4, 0.5) is 0 Å². The highest BCUT2D eigenvalue weighted by Crippen LogP contribution is 2.34. The maximum atomic E-state index is 12.0. The van der Waals surface area contributed by atoms with Gasteiger partial charge in [0.05, 0.1) is 12.5 Å². The van der Waals surface area contributed by atoms with Crippen molar-refractivity contribution in [3.8, 4) is 0 Å². The van der Waals surface area contributed by atoms with Gasteiger partial charge in [0.25, 0.3) is 0 Å². The van der Waals surface area contributed by atoms with Gasteiger partial charge in [-0.2, -0.15) is 0 Å². The normalized spacial score (nSPS) is 22.3. The molecule has 0 radical (unpaired) electrons. The van der Waals surface area contributed by atoms with Gasteiger partial charge in [0.15, 0.2) is 0 Å². The fourth-order valence-corrected chi connectivity index (χ4v) is 2.90. The third-order valence-corrected chi connectivity index (χ3v) is 3.97. The van der Waals surface area contributed by atoms with Crippen LogP contribution >= 0.6 is 0 Å². The van der Waals surface area contributed by atoms with E-state index in [-0.39, 0.29) is 17.4 Å². The molecule has 4 nitrogen and oxygen atoms in total. The molecule has 1 aromatic heterocycles. The van der Waals surface area contributed by atoms with Crippen molar-refractivity contribution in [2.45, 2.75) is 46.6 Å². The summed E-state index contributed by atoms with van der Waals surface area (Å²) in [5, 5.41) is 3.04. The molecule has 1 fully saturated rings. The number of aromatic nitrogens is 1. The number of hydrogen-bond donors (Lipinski definition) is 1. The number of carbonyl (C=O) groups excluding carboxylic acids is 1. The predicted molar refractivity (Wildman–Crippen MR) is 83.0 cm³/mol. The molecular weight excluding hydrogens is 264 g/mol. The van der Waals surface area contributed by atoms with Crippen molar-refractivity contribution in [1.82, 2.24) is 10.3 Å². The summed E-state index contributed by atoms with van der Waals surface area (Å²) in [7, 11) is 0. The number of amides is 1. The Labute approximate surface area is 127 Å². The van der Waals surface area contributed by atoms with Gasteiger partial charge in [0, 0.05) is 31.0 Å². The van der Waals surface area contributed by atoms with Gasteiger partial charge in [-0.25, -0.2) is 0 Å². The SMILES string of the molecule is Cc1ccc(CC(=O)NC[C@H]2CCO[C@@H]2C(C)(C)C)cn1. The standard InChI is InChI=1S/C17H26N2O2/c1-12-5-6-13(10-18-12)9-15(20)19-11-14-7-8-21-16(14)17(2,3)4/h5-6,10,14,16H,7-9,11H2,1-4H3,(H,19,20)/t14-,16+/m1/s1. The molecule has 0 aliphatic carbocycles. The first-order chi connectivity index (χ1) is 9.86. The van der Waals surface area contributed by atoms with Gasteiger partial charge in [-0.15, -0.1) is 0 Å². The Balaban J connectivity index is 1.82. The average molecular weight is 290 g/mol. The highest BCUT2D eigenvalue weighted by Gasteiger charge is 2.37. The number of carbonyl (C=O) groups is 1. The minimum Gasteiger partial charge on any atom is -0.377 e. The number of hydrogen-bond acceptors (Lipinski definition) is 3. The minimum absolute atomic E-state index is 0.0558. The van der Waals surface area contributed by atoms with E-state index >= 15 is 0 Å². The number of aryl methyl sites for hydroxylation is 1. The topological polar surface area (TPSA) is 51.2 Å². The van der Waals surface area contributed by atoms with Crippen molar-refractivity contribution in [1.29, 1.82) is 0 Å². The van der Waals surface area contributed by atoms with Crippen LogP contribution in [-0.4, -0.2) is 30.1 Å². The molecule has 0 unspecified atom stereocenters. The summed E-state index contributed by atoms with van der Waals surface area (Å²) in [6, 6.07) is 3.89. The highest BCUT2D eigenvalue weighted by atomic mass is 16.5. The molecule has 1 amide bonds. The van der Waals surface area contributed by atoms with E-state index in [1.54, 1.807) is 6.20 Å². The minimum atomic E-state index is 0.0558. The van der Waals surface area contributed by atoms with E-state index in [4.69, 9.17) is 4.74 Å². The number of pyridine rings is 1. The molecule has 2 heterocycles. The molecule has 2 rings (SSSR count). The van der Waals surface area contributed by atoms with Crippen LogP contribution in [0.3, 0.4) is 0 Å². The second-order valence-electron chi connectivity index (χ2n) is 6.99. The number of nitrogens with one attached hydrogen (secondary N) is 1. The summed E-state index contributed by atoms with van der Waals surface area (Å²) >= 11 is 0. The van der Waals surface area contributed by atoms with Gasteiger partial charge < -0.3 is 10.1 Å². The molecule has 116 valence electrons. The maximum absolute atomic E-state index is 12.0. The van der Waals surface area contributed by atoms with E-state index in [1.165, 1.54) is 0 Å². The van der Waals surface area contributed by atoms with E-state index in [0.717, 1.165) is 24.3 Å². The van der Waals surface area contributed by atoms with Crippen molar-refractivity contribution in [2.24, 2.45) is 11.3 Å². The van der Waals surface area contributed by atoms with Crippen molar-refractivity contribution in [3.63, 3.8) is 0 Å². The Kier molecular flexibility index (Phi) is 4.99. The Morgan fingerprint density at radius 1 is 1.43 bits per heavy atom. The molecule has 1 aliphatic rings. The highest BCUT2D eigenvalue weighted by molar-refractivity contribution is 5.78. The van der Waals surface area contributed by atoms with Crippen LogP contribution in [0.2, 0.25) is 0 Å². The summed E-state index contributed by atoms with van der Waals surface area (Å²) in [6.45, 7) is 10.0. The second kappa shape index (κ2) is 6.56.